The molecule has 1 unspecified atom stereocenters. The Morgan fingerprint density at radius 3 is 2.65 bits per heavy atom. The molecule has 2 aromatic rings. The highest BCUT2D eigenvalue weighted by molar-refractivity contribution is 7.11. The molecular formula is C15H24N4S. The van der Waals surface area contributed by atoms with Crippen molar-refractivity contribution >= 4 is 11.3 Å². The Bertz CT molecular complexity index is 556. The monoisotopic (exact) mass is 292 g/mol. The minimum Gasteiger partial charge on any atom is -0.325 e. The van der Waals surface area contributed by atoms with Crippen LogP contribution in [0.2, 0.25) is 0 Å². The SMILES string of the molecule is Cc1nc(C)c(C(C)n2cncc2CNCC(C)C)s1. The van der Waals surface area contributed by atoms with Crippen LogP contribution in [0.5, 0.6) is 0 Å². The average Bonchev–Trinajstić information content (AvgIpc) is 2.95. The lowest BCUT2D eigenvalue weighted by Crippen LogP contribution is -2.21. The Labute approximate surface area is 125 Å². The van der Waals surface area contributed by atoms with Crippen molar-refractivity contribution in [3.8, 4) is 0 Å². The first-order chi connectivity index (χ1) is 9.49. The molecule has 0 saturated carbocycles. The van der Waals surface area contributed by atoms with Gasteiger partial charge in [-0.05, 0) is 33.2 Å². The molecule has 0 saturated heterocycles. The van der Waals surface area contributed by atoms with Crippen LogP contribution in [0.3, 0.4) is 0 Å². The minimum atomic E-state index is 0.291. The van der Waals surface area contributed by atoms with Crippen LogP contribution < -0.4 is 5.32 Å². The average molecular weight is 292 g/mol. The summed E-state index contributed by atoms with van der Waals surface area (Å²) in [5.41, 5.74) is 2.36. The lowest BCUT2D eigenvalue weighted by molar-refractivity contribution is 0.526. The van der Waals surface area contributed by atoms with Gasteiger partial charge in [0.15, 0.2) is 0 Å². The molecule has 4 nitrogen and oxygen atoms in total. The van der Waals surface area contributed by atoms with Crippen LogP contribution in [0.25, 0.3) is 0 Å². The Morgan fingerprint density at radius 1 is 1.30 bits per heavy atom. The summed E-state index contributed by atoms with van der Waals surface area (Å²) >= 11 is 1.78. The van der Waals surface area contributed by atoms with Gasteiger partial charge in [0.05, 0.1) is 33.6 Å². The number of thiazole rings is 1. The molecular weight excluding hydrogens is 268 g/mol. The highest BCUT2D eigenvalue weighted by atomic mass is 32.1. The van der Waals surface area contributed by atoms with Gasteiger partial charge in [0, 0.05) is 12.7 Å². The molecule has 0 aromatic carbocycles. The van der Waals surface area contributed by atoms with E-state index in [2.05, 4.69) is 54.5 Å². The van der Waals surface area contributed by atoms with Crippen molar-refractivity contribution in [2.24, 2.45) is 5.92 Å². The van der Waals surface area contributed by atoms with Gasteiger partial charge in [0.2, 0.25) is 0 Å². The molecule has 1 N–H and O–H groups in total. The predicted octanol–water partition coefficient (Wildman–Crippen LogP) is 3.31. The fraction of sp³-hybridized carbons (Fsp3) is 0.600. The number of hydrogen-bond acceptors (Lipinski definition) is 4. The van der Waals surface area contributed by atoms with Gasteiger partial charge in [-0.3, -0.25) is 0 Å². The number of nitrogens with zero attached hydrogens (tertiary/aromatic N) is 3. The second-order valence-corrected chi connectivity index (χ2v) is 6.91. The molecule has 0 aliphatic rings. The maximum absolute atomic E-state index is 4.53. The van der Waals surface area contributed by atoms with Gasteiger partial charge in [-0.25, -0.2) is 9.97 Å². The number of imidazole rings is 1. The van der Waals surface area contributed by atoms with Gasteiger partial charge in [-0.2, -0.15) is 0 Å². The number of aryl methyl sites for hydroxylation is 2. The van der Waals surface area contributed by atoms with Crippen molar-refractivity contribution in [2.75, 3.05) is 6.54 Å². The van der Waals surface area contributed by atoms with Crippen molar-refractivity contribution in [2.45, 2.75) is 47.2 Å². The van der Waals surface area contributed by atoms with E-state index in [-0.39, 0.29) is 0 Å². The molecule has 5 heteroatoms. The summed E-state index contributed by atoms with van der Waals surface area (Å²) in [6.07, 6.45) is 3.87. The first kappa shape index (κ1) is 15.2. The van der Waals surface area contributed by atoms with Gasteiger partial charge in [0.1, 0.15) is 0 Å². The van der Waals surface area contributed by atoms with E-state index in [0.29, 0.717) is 12.0 Å². The summed E-state index contributed by atoms with van der Waals surface area (Å²) in [5.74, 6) is 0.662. The van der Waals surface area contributed by atoms with Gasteiger partial charge >= 0.3 is 0 Å². The smallest absolute Gasteiger partial charge is 0.0954 e. The predicted molar refractivity (Wildman–Crippen MR) is 84.2 cm³/mol. The molecule has 20 heavy (non-hydrogen) atoms. The highest BCUT2D eigenvalue weighted by Crippen LogP contribution is 2.28. The Balaban J connectivity index is 2.12. The van der Waals surface area contributed by atoms with Crippen LogP contribution >= 0.6 is 11.3 Å². The van der Waals surface area contributed by atoms with Crippen molar-refractivity contribution in [3.05, 3.63) is 33.8 Å². The molecule has 0 fully saturated rings. The number of hydrogen-bond donors (Lipinski definition) is 1. The largest absolute Gasteiger partial charge is 0.325 e. The van der Waals surface area contributed by atoms with E-state index in [9.17, 15) is 0 Å². The molecule has 0 amide bonds. The number of nitrogens with one attached hydrogen (secondary N) is 1. The molecule has 0 spiro atoms. The quantitative estimate of drug-likeness (QED) is 0.888. The Hall–Kier alpha value is -1.20. The molecule has 0 radical (unpaired) electrons. The van der Waals surface area contributed by atoms with Gasteiger partial charge < -0.3 is 9.88 Å². The first-order valence-corrected chi connectivity index (χ1v) is 7.96. The van der Waals surface area contributed by atoms with E-state index in [1.807, 2.05) is 12.5 Å². The van der Waals surface area contributed by atoms with Crippen LogP contribution in [-0.4, -0.2) is 21.1 Å². The molecule has 0 bridgehead atoms. The van der Waals surface area contributed by atoms with E-state index in [0.717, 1.165) is 23.8 Å². The van der Waals surface area contributed by atoms with Crippen molar-refractivity contribution in [1.29, 1.82) is 0 Å². The molecule has 2 heterocycles. The number of rotatable bonds is 6. The Morgan fingerprint density at radius 2 is 2.05 bits per heavy atom. The van der Waals surface area contributed by atoms with Crippen LogP contribution in [0.4, 0.5) is 0 Å². The van der Waals surface area contributed by atoms with Gasteiger partial charge in [-0.15, -0.1) is 11.3 Å². The highest BCUT2D eigenvalue weighted by Gasteiger charge is 2.16. The fourth-order valence-corrected chi connectivity index (χ4v) is 3.35. The third kappa shape index (κ3) is 3.46. The summed E-state index contributed by atoms with van der Waals surface area (Å²) in [4.78, 5) is 10.2. The zero-order chi connectivity index (χ0) is 14.7. The molecule has 0 aliphatic heterocycles. The van der Waals surface area contributed by atoms with E-state index >= 15 is 0 Å². The first-order valence-electron chi connectivity index (χ1n) is 7.14. The van der Waals surface area contributed by atoms with Gasteiger partial charge in [-0.1, -0.05) is 13.8 Å². The van der Waals surface area contributed by atoms with Crippen LogP contribution in [0.1, 0.15) is 48.1 Å². The van der Waals surface area contributed by atoms with Crippen molar-refractivity contribution in [3.63, 3.8) is 0 Å². The van der Waals surface area contributed by atoms with Crippen molar-refractivity contribution in [1.82, 2.24) is 19.9 Å². The summed E-state index contributed by atoms with van der Waals surface area (Å²) in [5, 5.41) is 4.61. The second-order valence-electron chi connectivity index (χ2n) is 5.68. The van der Waals surface area contributed by atoms with Crippen LogP contribution in [0.15, 0.2) is 12.5 Å². The normalized spacial score (nSPS) is 13.1. The third-order valence-electron chi connectivity index (χ3n) is 3.34. The van der Waals surface area contributed by atoms with E-state index in [4.69, 9.17) is 0 Å². The third-order valence-corrected chi connectivity index (χ3v) is 4.58. The standard InChI is InChI=1S/C15H24N4S/c1-10(2)6-16-7-14-8-17-9-19(14)12(4)15-11(3)18-13(5)20-15/h8-10,12,16H,6-7H2,1-5H3. The molecule has 2 rings (SSSR count). The van der Waals surface area contributed by atoms with Gasteiger partial charge in [0.25, 0.3) is 0 Å². The zero-order valence-corrected chi connectivity index (χ0v) is 13.8. The van der Waals surface area contributed by atoms with Crippen LogP contribution in [-0.2, 0) is 6.54 Å². The lowest BCUT2D eigenvalue weighted by Gasteiger charge is -2.16. The maximum atomic E-state index is 4.53. The van der Waals surface area contributed by atoms with E-state index < -0.39 is 0 Å². The van der Waals surface area contributed by atoms with E-state index in [1.165, 1.54) is 10.6 Å². The topological polar surface area (TPSA) is 42.7 Å². The lowest BCUT2D eigenvalue weighted by atomic mass is 10.2. The molecule has 110 valence electrons. The van der Waals surface area contributed by atoms with Crippen molar-refractivity contribution < 1.29 is 0 Å². The maximum Gasteiger partial charge on any atom is 0.0954 e. The summed E-state index contributed by atoms with van der Waals surface area (Å²) in [6.45, 7) is 12.7. The molecule has 0 aliphatic carbocycles. The summed E-state index contributed by atoms with van der Waals surface area (Å²) < 4.78 is 2.24. The summed E-state index contributed by atoms with van der Waals surface area (Å²) in [6, 6.07) is 0.291. The minimum absolute atomic E-state index is 0.291. The van der Waals surface area contributed by atoms with Crippen LogP contribution in [0, 0.1) is 19.8 Å². The molecule has 1 atom stereocenters. The fourth-order valence-electron chi connectivity index (χ4n) is 2.37. The second kappa shape index (κ2) is 6.50. The van der Waals surface area contributed by atoms with E-state index in [1.54, 1.807) is 11.3 Å². The number of aromatic nitrogens is 3. The zero-order valence-electron chi connectivity index (χ0n) is 13.0. The Kier molecular flexibility index (Phi) is 4.94. The summed E-state index contributed by atoms with van der Waals surface area (Å²) in [7, 11) is 0. The molecule has 2 aromatic heterocycles.